The highest BCUT2D eigenvalue weighted by Gasteiger charge is 2.12. The normalized spacial score (nSPS) is 10.6. The Morgan fingerprint density at radius 3 is 2.76 bits per heavy atom. The fourth-order valence-corrected chi connectivity index (χ4v) is 2.16. The first kappa shape index (κ1) is 13.6. The van der Waals surface area contributed by atoms with Gasteiger partial charge in [0, 0.05) is 23.3 Å². The summed E-state index contributed by atoms with van der Waals surface area (Å²) in [5.41, 5.74) is 2.70. The molecule has 1 aromatic carbocycles. The van der Waals surface area contributed by atoms with E-state index in [2.05, 4.69) is 36.5 Å². The van der Waals surface area contributed by atoms with Crippen molar-refractivity contribution in [1.29, 1.82) is 0 Å². The number of hydrogen-bond acceptors (Lipinski definition) is 3. The first-order chi connectivity index (χ1) is 10.1. The number of rotatable bonds is 3. The lowest BCUT2D eigenvalue weighted by atomic mass is 10.1. The molecule has 3 rings (SSSR count). The molecule has 2 heterocycles. The number of halogens is 1. The minimum absolute atomic E-state index is 0.251. The van der Waals surface area contributed by atoms with Crippen molar-refractivity contribution in [2.75, 3.05) is 5.32 Å². The molecule has 0 spiro atoms. The van der Waals surface area contributed by atoms with Crippen LogP contribution in [-0.2, 0) is 7.05 Å². The highest BCUT2D eigenvalue weighted by atomic mass is 79.9. The van der Waals surface area contributed by atoms with Gasteiger partial charge in [0.1, 0.15) is 5.69 Å². The molecule has 21 heavy (non-hydrogen) atoms. The van der Waals surface area contributed by atoms with Crippen LogP contribution >= 0.6 is 15.9 Å². The van der Waals surface area contributed by atoms with Crippen LogP contribution < -0.4 is 5.32 Å². The first-order valence-electron chi connectivity index (χ1n) is 6.23. The van der Waals surface area contributed by atoms with E-state index in [4.69, 9.17) is 0 Å². The van der Waals surface area contributed by atoms with Crippen LogP contribution in [-0.4, -0.2) is 25.9 Å². The second-order valence-corrected chi connectivity index (χ2v) is 5.45. The fourth-order valence-electron chi connectivity index (χ4n) is 1.89. The molecule has 2 aromatic heterocycles. The molecule has 7 heteroatoms. The van der Waals surface area contributed by atoms with Crippen molar-refractivity contribution >= 4 is 27.5 Å². The van der Waals surface area contributed by atoms with Crippen molar-refractivity contribution in [2.45, 2.75) is 0 Å². The van der Waals surface area contributed by atoms with Crippen LogP contribution in [0.5, 0.6) is 0 Å². The second kappa shape index (κ2) is 5.53. The maximum atomic E-state index is 12.1. The van der Waals surface area contributed by atoms with Crippen molar-refractivity contribution in [3.63, 3.8) is 0 Å². The second-order valence-electron chi connectivity index (χ2n) is 4.53. The van der Waals surface area contributed by atoms with Gasteiger partial charge >= 0.3 is 0 Å². The SMILES string of the molecule is Cn1cc(NC(=O)c2cc(-c3ccc(Br)cc3)n[nH]2)cn1. The van der Waals surface area contributed by atoms with Gasteiger partial charge in [0.05, 0.1) is 17.6 Å². The minimum Gasteiger partial charge on any atom is -0.318 e. The third-order valence-corrected chi connectivity index (χ3v) is 3.45. The highest BCUT2D eigenvalue weighted by Crippen LogP contribution is 2.20. The smallest absolute Gasteiger partial charge is 0.273 e. The summed E-state index contributed by atoms with van der Waals surface area (Å²) >= 11 is 3.39. The predicted molar refractivity (Wildman–Crippen MR) is 82.9 cm³/mol. The molecule has 106 valence electrons. The van der Waals surface area contributed by atoms with Crippen LogP contribution in [0.15, 0.2) is 47.2 Å². The lowest BCUT2D eigenvalue weighted by Gasteiger charge is -1.98. The van der Waals surface area contributed by atoms with Crippen LogP contribution in [0.4, 0.5) is 5.69 Å². The van der Waals surface area contributed by atoms with E-state index in [1.807, 2.05) is 24.3 Å². The number of benzene rings is 1. The molecule has 2 N–H and O–H groups in total. The van der Waals surface area contributed by atoms with Crippen molar-refractivity contribution in [3.8, 4) is 11.3 Å². The Labute approximate surface area is 129 Å². The summed E-state index contributed by atoms with van der Waals surface area (Å²) in [6.45, 7) is 0. The third-order valence-electron chi connectivity index (χ3n) is 2.93. The zero-order valence-corrected chi connectivity index (χ0v) is 12.8. The van der Waals surface area contributed by atoms with Crippen LogP contribution in [0.1, 0.15) is 10.5 Å². The molecule has 6 nitrogen and oxygen atoms in total. The summed E-state index contributed by atoms with van der Waals surface area (Å²) in [6, 6.07) is 9.44. The number of carbonyl (C=O) groups excluding carboxylic acids is 1. The van der Waals surface area contributed by atoms with Crippen LogP contribution in [0.25, 0.3) is 11.3 Å². The summed E-state index contributed by atoms with van der Waals surface area (Å²) in [4.78, 5) is 12.1. The fraction of sp³-hybridized carbons (Fsp3) is 0.0714. The number of amides is 1. The summed E-state index contributed by atoms with van der Waals surface area (Å²) in [7, 11) is 1.79. The minimum atomic E-state index is -0.251. The average Bonchev–Trinajstić information content (AvgIpc) is 3.09. The van der Waals surface area contributed by atoms with Gasteiger partial charge in [-0.15, -0.1) is 0 Å². The zero-order valence-electron chi connectivity index (χ0n) is 11.2. The molecule has 0 saturated heterocycles. The quantitative estimate of drug-likeness (QED) is 0.766. The lowest BCUT2D eigenvalue weighted by Crippen LogP contribution is -2.11. The maximum Gasteiger partial charge on any atom is 0.273 e. The highest BCUT2D eigenvalue weighted by molar-refractivity contribution is 9.10. The molecule has 0 aliphatic rings. The van der Waals surface area contributed by atoms with Gasteiger partial charge in [-0.2, -0.15) is 10.2 Å². The standard InChI is InChI=1S/C14H12BrN5O/c1-20-8-11(7-16-20)17-14(21)13-6-12(18-19-13)9-2-4-10(15)5-3-9/h2-8H,1H3,(H,17,21)(H,18,19). The van der Waals surface area contributed by atoms with Crippen molar-refractivity contribution in [2.24, 2.45) is 7.05 Å². The van der Waals surface area contributed by atoms with E-state index in [0.717, 1.165) is 15.7 Å². The average molecular weight is 346 g/mol. The molecule has 0 atom stereocenters. The van der Waals surface area contributed by atoms with Gasteiger partial charge in [0.25, 0.3) is 5.91 Å². The number of nitrogens with zero attached hydrogens (tertiary/aromatic N) is 3. The molecule has 0 aliphatic heterocycles. The Kier molecular flexibility index (Phi) is 3.57. The molecule has 0 radical (unpaired) electrons. The molecule has 0 fully saturated rings. The number of carbonyl (C=O) groups is 1. The topological polar surface area (TPSA) is 75.6 Å². The van der Waals surface area contributed by atoms with Gasteiger partial charge in [-0.3, -0.25) is 14.6 Å². The summed E-state index contributed by atoms with van der Waals surface area (Å²) in [6.07, 6.45) is 3.31. The van der Waals surface area contributed by atoms with E-state index in [0.29, 0.717) is 11.4 Å². The van der Waals surface area contributed by atoms with E-state index in [9.17, 15) is 4.79 Å². The van der Waals surface area contributed by atoms with Gasteiger partial charge in [-0.1, -0.05) is 28.1 Å². The number of nitrogens with one attached hydrogen (secondary N) is 2. The number of aryl methyl sites for hydroxylation is 1. The number of hydrogen-bond donors (Lipinski definition) is 2. The van der Waals surface area contributed by atoms with Gasteiger partial charge in [0.15, 0.2) is 0 Å². The zero-order chi connectivity index (χ0) is 14.8. The molecule has 1 amide bonds. The Morgan fingerprint density at radius 2 is 2.10 bits per heavy atom. The molecule has 3 aromatic rings. The van der Waals surface area contributed by atoms with Crippen molar-refractivity contribution in [3.05, 3.63) is 52.9 Å². The predicted octanol–water partition coefficient (Wildman–Crippen LogP) is 2.83. The number of aromatic amines is 1. The molecule has 0 aliphatic carbocycles. The summed E-state index contributed by atoms with van der Waals surface area (Å²) in [5, 5.41) is 13.7. The van der Waals surface area contributed by atoms with Gasteiger partial charge < -0.3 is 5.32 Å². The van der Waals surface area contributed by atoms with E-state index in [1.165, 1.54) is 0 Å². The van der Waals surface area contributed by atoms with Gasteiger partial charge in [-0.05, 0) is 18.2 Å². The van der Waals surface area contributed by atoms with Crippen LogP contribution in [0.2, 0.25) is 0 Å². The Morgan fingerprint density at radius 1 is 1.33 bits per heavy atom. The molecule has 0 unspecified atom stereocenters. The Bertz CT molecular complexity index is 775. The Hall–Kier alpha value is -2.41. The molecule has 0 saturated carbocycles. The number of H-pyrrole nitrogens is 1. The number of anilines is 1. The van der Waals surface area contributed by atoms with E-state index < -0.39 is 0 Å². The Balaban J connectivity index is 1.78. The lowest BCUT2D eigenvalue weighted by molar-refractivity contribution is 0.102. The summed E-state index contributed by atoms with van der Waals surface area (Å²) < 4.78 is 2.62. The van der Waals surface area contributed by atoms with E-state index >= 15 is 0 Å². The largest absolute Gasteiger partial charge is 0.318 e. The van der Waals surface area contributed by atoms with Gasteiger partial charge in [-0.25, -0.2) is 0 Å². The molecular formula is C14H12BrN5O. The van der Waals surface area contributed by atoms with Crippen molar-refractivity contribution in [1.82, 2.24) is 20.0 Å². The molecular weight excluding hydrogens is 334 g/mol. The van der Waals surface area contributed by atoms with E-state index in [1.54, 1.807) is 30.2 Å². The third kappa shape index (κ3) is 3.03. The molecule has 0 bridgehead atoms. The van der Waals surface area contributed by atoms with Gasteiger partial charge in [0.2, 0.25) is 0 Å². The van der Waals surface area contributed by atoms with Crippen molar-refractivity contribution < 1.29 is 4.79 Å². The maximum absolute atomic E-state index is 12.1. The number of aromatic nitrogens is 4. The first-order valence-corrected chi connectivity index (χ1v) is 7.02. The van der Waals surface area contributed by atoms with E-state index in [-0.39, 0.29) is 5.91 Å². The van der Waals surface area contributed by atoms with Crippen LogP contribution in [0.3, 0.4) is 0 Å². The summed E-state index contributed by atoms with van der Waals surface area (Å²) in [5.74, 6) is -0.251. The monoisotopic (exact) mass is 345 g/mol. The van der Waals surface area contributed by atoms with Crippen LogP contribution in [0, 0.1) is 0 Å².